The number of urea groups is 1. The number of aromatic nitrogens is 5. The molecule has 4 heterocycles. The maximum atomic E-state index is 13.4. The molecule has 31 heavy (non-hydrogen) atoms. The maximum absolute atomic E-state index is 13.4. The molecule has 0 bridgehead atoms. The highest BCUT2D eigenvalue weighted by molar-refractivity contribution is 5.99. The Labute approximate surface area is 175 Å². The van der Waals surface area contributed by atoms with Crippen LogP contribution in [-0.4, -0.2) is 30.4 Å². The molecule has 0 saturated carbocycles. The van der Waals surface area contributed by atoms with Gasteiger partial charge in [-0.1, -0.05) is 23.4 Å². The van der Waals surface area contributed by atoms with Crippen molar-refractivity contribution in [2.75, 3.05) is 10.6 Å². The van der Waals surface area contributed by atoms with Gasteiger partial charge in [-0.2, -0.15) is 5.10 Å². The highest BCUT2D eigenvalue weighted by Crippen LogP contribution is 2.23. The van der Waals surface area contributed by atoms with Crippen LogP contribution in [-0.2, 0) is 6.54 Å². The SMILES string of the molecule is O=C(Nc1cnn(Cc2cn3ccccc3n2)c1)Nc1cc(-c2cccc(F)c2)on1. The van der Waals surface area contributed by atoms with Gasteiger partial charge in [0, 0.05) is 30.2 Å². The fraction of sp³-hybridized carbons (Fsp3) is 0.0476. The van der Waals surface area contributed by atoms with Gasteiger partial charge in [0.15, 0.2) is 11.6 Å². The van der Waals surface area contributed by atoms with Gasteiger partial charge in [-0.05, 0) is 24.3 Å². The van der Waals surface area contributed by atoms with Gasteiger partial charge in [0.05, 0.1) is 24.1 Å². The van der Waals surface area contributed by atoms with Crippen LogP contribution >= 0.6 is 0 Å². The van der Waals surface area contributed by atoms with Crippen LogP contribution in [0, 0.1) is 5.82 Å². The van der Waals surface area contributed by atoms with Crippen molar-refractivity contribution < 1.29 is 13.7 Å². The zero-order valence-electron chi connectivity index (χ0n) is 16.1. The Hall–Kier alpha value is -4.47. The molecule has 5 aromatic rings. The molecule has 4 aromatic heterocycles. The van der Waals surface area contributed by atoms with E-state index in [-0.39, 0.29) is 11.6 Å². The van der Waals surface area contributed by atoms with E-state index in [0.29, 0.717) is 23.6 Å². The number of carbonyl (C=O) groups is 1. The van der Waals surface area contributed by atoms with Crippen molar-refractivity contribution >= 4 is 23.2 Å². The Kier molecular flexibility index (Phi) is 4.64. The fourth-order valence-electron chi connectivity index (χ4n) is 3.13. The third kappa shape index (κ3) is 4.13. The number of fused-ring (bicyclic) bond motifs is 1. The van der Waals surface area contributed by atoms with Gasteiger partial charge >= 0.3 is 6.03 Å². The second-order valence-electron chi connectivity index (χ2n) is 6.79. The lowest BCUT2D eigenvalue weighted by Crippen LogP contribution is -2.19. The van der Waals surface area contributed by atoms with E-state index in [9.17, 15) is 9.18 Å². The molecule has 2 amide bonds. The number of benzene rings is 1. The van der Waals surface area contributed by atoms with Crippen molar-refractivity contribution in [2.24, 2.45) is 0 Å². The van der Waals surface area contributed by atoms with Crippen LogP contribution in [0.4, 0.5) is 20.7 Å². The topological polar surface area (TPSA) is 102 Å². The third-order valence-electron chi connectivity index (χ3n) is 4.49. The van der Waals surface area contributed by atoms with Gasteiger partial charge in [-0.15, -0.1) is 0 Å². The average Bonchev–Trinajstić information content (AvgIpc) is 3.48. The van der Waals surface area contributed by atoms with Crippen LogP contribution < -0.4 is 10.6 Å². The lowest BCUT2D eigenvalue weighted by atomic mass is 10.2. The number of anilines is 2. The average molecular weight is 417 g/mol. The maximum Gasteiger partial charge on any atom is 0.325 e. The minimum Gasteiger partial charge on any atom is -0.354 e. The minimum atomic E-state index is -0.508. The molecule has 10 heteroatoms. The number of nitrogens with one attached hydrogen (secondary N) is 2. The molecule has 1 aromatic carbocycles. The molecule has 5 rings (SSSR count). The van der Waals surface area contributed by atoms with E-state index in [2.05, 4.69) is 25.9 Å². The van der Waals surface area contributed by atoms with Crippen molar-refractivity contribution in [1.82, 2.24) is 24.3 Å². The summed E-state index contributed by atoms with van der Waals surface area (Å²) in [7, 11) is 0. The van der Waals surface area contributed by atoms with Crippen LogP contribution in [0.2, 0.25) is 0 Å². The Bertz CT molecular complexity index is 1340. The first-order valence-electron chi connectivity index (χ1n) is 9.38. The molecule has 0 saturated heterocycles. The molecule has 0 radical (unpaired) electrons. The van der Waals surface area contributed by atoms with Gasteiger partial charge < -0.3 is 14.2 Å². The second kappa shape index (κ2) is 7.75. The summed E-state index contributed by atoms with van der Waals surface area (Å²) in [6, 6.07) is 12.7. The first kappa shape index (κ1) is 18.6. The summed E-state index contributed by atoms with van der Waals surface area (Å²) in [4.78, 5) is 16.8. The summed E-state index contributed by atoms with van der Waals surface area (Å²) in [5.41, 5.74) is 2.73. The van der Waals surface area contributed by atoms with Crippen molar-refractivity contribution in [3.63, 3.8) is 0 Å². The van der Waals surface area contributed by atoms with Gasteiger partial charge in [-0.25, -0.2) is 14.2 Å². The third-order valence-corrected chi connectivity index (χ3v) is 4.49. The smallest absolute Gasteiger partial charge is 0.325 e. The highest BCUT2D eigenvalue weighted by Gasteiger charge is 2.11. The Morgan fingerprint density at radius 3 is 2.90 bits per heavy atom. The Morgan fingerprint density at radius 1 is 1.10 bits per heavy atom. The molecule has 0 fully saturated rings. The van der Waals surface area contributed by atoms with Gasteiger partial charge in [0.1, 0.15) is 11.5 Å². The van der Waals surface area contributed by atoms with E-state index in [1.165, 1.54) is 24.4 Å². The first-order chi connectivity index (χ1) is 15.1. The molecule has 2 N–H and O–H groups in total. The molecule has 9 nitrogen and oxygen atoms in total. The predicted molar refractivity (Wildman–Crippen MR) is 111 cm³/mol. The van der Waals surface area contributed by atoms with Crippen molar-refractivity contribution in [3.05, 3.63) is 84.8 Å². The van der Waals surface area contributed by atoms with E-state index < -0.39 is 6.03 Å². The zero-order valence-corrected chi connectivity index (χ0v) is 16.1. The Balaban J connectivity index is 1.21. The van der Waals surface area contributed by atoms with Crippen LogP contribution in [0.1, 0.15) is 5.69 Å². The molecule has 0 unspecified atom stereocenters. The summed E-state index contributed by atoms with van der Waals surface area (Å²) in [6.07, 6.45) is 7.09. The van der Waals surface area contributed by atoms with E-state index in [0.717, 1.165) is 11.3 Å². The summed E-state index contributed by atoms with van der Waals surface area (Å²) < 4.78 is 22.1. The van der Waals surface area contributed by atoms with E-state index in [4.69, 9.17) is 4.52 Å². The van der Waals surface area contributed by atoms with Crippen LogP contribution in [0.3, 0.4) is 0 Å². The number of hydrogen-bond donors (Lipinski definition) is 2. The predicted octanol–water partition coefficient (Wildman–Crippen LogP) is 4.02. The van der Waals surface area contributed by atoms with Gasteiger partial charge in [0.25, 0.3) is 0 Å². The second-order valence-corrected chi connectivity index (χ2v) is 6.79. The number of imidazole rings is 1. The molecule has 0 aliphatic carbocycles. The normalized spacial score (nSPS) is 11.0. The van der Waals surface area contributed by atoms with E-state index in [1.807, 2.05) is 35.0 Å². The number of pyridine rings is 1. The summed E-state index contributed by atoms with van der Waals surface area (Å²) in [5.74, 6) is 0.158. The highest BCUT2D eigenvalue weighted by atomic mass is 19.1. The lowest BCUT2D eigenvalue weighted by molar-refractivity contribution is 0.262. The van der Waals surface area contributed by atoms with Gasteiger partial charge in [0.2, 0.25) is 0 Å². The van der Waals surface area contributed by atoms with Crippen LogP contribution in [0.5, 0.6) is 0 Å². The number of carbonyl (C=O) groups excluding carboxylic acids is 1. The quantitative estimate of drug-likeness (QED) is 0.450. The zero-order chi connectivity index (χ0) is 21.2. The number of amides is 2. The number of rotatable bonds is 5. The summed E-state index contributed by atoms with van der Waals surface area (Å²) in [5, 5.41) is 13.3. The number of halogens is 1. The molecule has 0 aliphatic rings. The van der Waals surface area contributed by atoms with Crippen LogP contribution in [0.15, 0.2) is 77.8 Å². The molecule has 154 valence electrons. The molecule has 0 aliphatic heterocycles. The van der Waals surface area contributed by atoms with Gasteiger partial charge in [-0.3, -0.25) is 10.00 Å². The first-order valence-corrected chi connectivity index (χ1v) is 9.38. The summed E-state index contributed by atoms with van der Waals surface area (Å²) >= 11 is 0. The monoisotopic (exact) mass is 417 g/mol. The van der Waals surface area contributed by atoms with Crippen molar-refractivity contribution in [1.29, 1.82) is 0 Å². The Morgan fingerprint density at radius 2 is 2.03 bits per heavy atom. The largest absolute Gasteiger partial charge is 0.354 e. The lowest BCUT2D eigenvalue weighted by Gasteiger charge is -2.01. The molecule has 0 atom stereocenters. The molecular formula is C21H16FN7O2. The minimum absolute atomic E-state index is 0.203. The number of hydrogen-bond acceptors (Lipinski definition) is 5. The molecule has 0 spiro atoms. The van der Waals surface area contributed by atoms with Crippen LogP contribution in [0.25, 0.3) is 17.0 Å². The number of nitrogens with zero attached hydrogens (tertiary/aromatic N) is 5. The summed E-state index contributed by atoms with van der Waals surface area (Å²) in [6.45, 7) is 0.464. The molecular weight excluding hydrogens is 401 g/mol. The van der Waals surface area contributed by atoms with Crippen molar-refractivity contribution in [2.45, 2.75) is 6.54 Å². The van der Waals surface area contributed by atoms with E-state index >= 15 is 0 Å². The standard InChI is InChI=1S/C21H16FN7O2/c22-15-5-3-4-14(8-15)18-9-19(27-31-18)26-21(30)25-16-10-23-29(12-16)13-17-11-28-7-2-1-6-20(28)24-17/h1-12H,13H2,(H2,25,26,27,30). The van der Waals surface area contributed by atoms with E-state index in [1.54, 1.807) is 23.0 Å². The fourth-order valence-corrected chi connectivity index (χ4v) is 3.13. The van der Waals surface area contributed by atoms with Crippen molar-refractivity contribution in [3.8, 4) is 11.3 Å².